The van der Waals surface area contributed by atoms with E-state index in [2.05, 4.69) is 65.8 Å². The van der Waals surface area contributed by atoms with Crippen LogP contribution in [0.15, 0.2) is 29.8 Å². The van der Waals surface area contributed by atoms with Crippen LogP contribution >= 0.6 is 0 Å². The van der Waals surface area contributed by atoms with Gasteiger partial charge < -0.3 is 6.58 Å². The topological polar surface area (TPSA) is 0 Å². The molecule has 0 saturated carbocycles. The van der Waals surface area contributed by atoms with E-state index in [0.717, 1.165) is 5.57 Å². The van der Waals surface area contributed by atoms with Gasteiger partial charge in [-0.2, -0.15) is 17.7 Å². The summed E-state index contributed by atoms with van der Waals surface area (Å²) in [5, 5.41) is 0. The second-order valence-corrected chi connectivity index (χ2v) is 5.18. The second kappa shape index (κ2) is 9.60. The van der Waals surface area contributed by atoms with Crippen LogP contribution in [0.4, 0.5) is 0 Å². The van der Waals surface area contributed by atoms with Crippen LogP contribution in [0.2, 0.25) is 0 Å². The Hall–Kier alpha value is -0.416. The van der Waals surface area contributed by atoms with Gasteiger partial charge in [-0.3, -0.25) is 5.57 Å². The van der Waals surface area contributed by atoms with E-state index in [-0.39, 0.29) is 16.5 Å². The average molecular weight is 277 g/mol. The van der Waals surface area contributed by atoms with Crippen LogP contribution in [-0.2, 0) is 16.5 Å². The van der Waals surface area contributed by atoms with Crippen LogP contribution < -0.4 is 0 Å². The summed E-state index contributed by atoms with van der Waals surface area (Å²) in [6.07, 6.45) is 0. The molecule has 1 aromatic carbocycles. The van der Waals surface area contributed by atoms with Crippen LogP contribution in [0.3, 0.4) is 0 Å². The Kier molecular flexibility index (Phi) is 10.7. The minimum atomic E-state index is 0. The largest absolute Gasteiger partial charge is 2.00 e. The minimum Gasteiger partial charge on any atom is -0.514 e. The molecule has 1 rings (SSSR count). The molecule has 0 N–H and O–H groups in total. The van der Waals surface area contributed by atoms with Crippen molar-refractivity contribution in [3.8, 4) is 0 Å². The van der Waals surface area contributed by atoms with Crippen molar-refractivity contribution in [2.24, 2.45) is 11.8 Å². The molecule has 0 amide bonds. The van der Waals surface area contributed by atoms with Crippen molar-refractivity contribution < 1.29 is 16.5 Å². The summed E-state index contributed by atoms with van der Waals surface area (Å²) in [7, 11) is 0. The van der Waals surface area contributed by atoms with Gasteiger partial charge in [-0.1, -0.05) is 59.3 Å². The zero-order chi connectivity index (χ0) is 12.7. The van der Waals surface area contributed by atoms with E-state index in [1.807, 2.05) is 0 Å². The van der Waals surface area contributed by atoms with Crippen molar-refractivity contribution in [1.29, 1.82) is 0 Å². The second-order valence-electron chi connectivity index (χ2n) is 5.18. The van der Waals surface area contributed by atoms with E-state index < -0.39 is 0 Å². The molecule has 0 aliphatic heterocycles. The van der Waals surface area contributed by atoms with Crippen molar-refractivity contribution in [2.75, 3.05) is 0 Å². The SMILES string of the molecule is CC(C)[c-]1cccc1.[CH-]=C(C(C)C)C(C)C.[Ni+2]. The van der Waals surface area contributed by atoms with Gasteiger partial charge in [0.1, 0.15) is 0 Å². The molecule has 0 fully saturated rings. The summed E-state index contributed by atoms with van der Waals surface area (Å²) in [6.45, 7) is 18.6. The maximum Gasteiger partial charge on any atom is 2.00 e. The zero-order valence-corrected chi connectivity index (χ0v) is 12.9. The van der Waals surface area contributed by atoms with Crippen LogP contribution in [0.25, 0.3) is 0 Å². The molecular formula is C16H26Ni. The molecule has 0 radical (unpaired) electrons. The van der Waals surface area contributed by atoms with Gasteiger partial charge in [0.25, 0.3) is 0 Å². The molecule has 0 heterocycles. The van der Waals surface area contributed by atoms with Gasteiger partial charge in [0.15, 0.2) is 0 Å². The third-order valence-corrected chi connectivity index (χ3v) is 2.69. The first-order valence-corrected chi connectivity index (χ1v) is 6.20. The Labute approximate surface area is 118 Å². The number of hydrogen-bond acceptors (Lipinski definition) is 0. The molecule has 0 aliphatic rings. The summed E-state index contributed by atoms with van der Waals surface area (Å²) in [4.78, 5) is 0. The summed E-state index contributed by atoms with van der Waals surface area (Å²) >= 11 is 0. The van der Waals surface area contributed by atoms with Crippen molar-refractivity contribution in [1.82, 2.24) is 0 Å². The third-order valence-electron chi connectivity index (χ3n) is 2.69. The molecule has 0 unspecified atom stereocenters. The monoisotopic (exact) mass is 276 g/mol. The summed E-state index contributed by atoms with van der Waals surface area (Å²) in [6, 6.07) is 8.47. The van der Waals surface area contributed by atoms with E-state index in [1.54, 1.807) is 0 Å². The minimum absolute atomic E-state index is 0. The standard InChI is InChI=1S/C8H11.C8H15.Ni/c1-7(2)8-5-3-4-6-8;1-6(2)8(5)7(3)4;/h3-7H,1-2H3;5-7H,1-4H3;/q2*-1;+2. The first-order valence-electron chi connectivity index (χ1n) is 6.20. The quantitative estimate of drug-likeness (QED) is 0.527. The fourth-order valence-electron chi connectivity index (χ4n) is 1.44. The van der Waals surface area contributed by atoms with Crippen molar-refractivity contribution >= 4 is 0 Å². The smallest absolute Gasteiger partial charge is 0.514 e. The van der Waals surface area contributed by atoms with Gasteiger partial charge in [-0.15, -0.1) is 0 Å². The van der Waals surface area contributed by atoms with Gasteiger partial charge in [-0.25, -0.2) is 12.1 Å². The van der Waals surface area contributed by atoms with E-state index in [1.165, 1.54) is 5.56 Å². The molecule has 1 aromatic rings. The fourth-order valence-corrected chi connectivity index (χ4v) is 1.44. The van der Waals surface area contributed by atoms with Crippen molar-refractivity contribution in [3.63, 3.8) is 0 Å². The average Bonchev–Trinajstić information content (AvgIpc) is 2.70. The summed E-state index contributed by atoms with van der Waals surface area (Å²) in [5.74, 6) is 1.76. The van der Waals surface area contributed by atoms with E-state index in [4.69, 9.17) is 6.58 Å². The van der Waals surface area contributed by atoms with Gasteiger partial charge in [0.05, 0.1) is 0 Å². The van der Waals surface area contributed by atoms with Gasteiger partial charge in [0, 0.05) is 0 Å². The Morgan fingerprint density at radius 2 is 1.24 bits per heavy atom. The van der Waals surface area contributed by atoms with E-state index >= 15 is 0 Å². The molecule has 17 heavy (non-hydrogen) atoms. The van der Waals surface area contributed by atoms with Crippen molar-refractivity contribution in [3.05, 3.63) is 42.0 Å². The maximum atomic E-state index is 5.68. The Bertz CT molecular complexity index is 268. The number of rotatable bonds is 3. The van der Waals surface area contributed by atoms with Gasteiger partial charge >= 0.3 is 16.5 Å². The maximum absolute atomic E-state index is 5.68. The Morgan fingerprint density at radius 3 is 1.35 bits per heavy atom. The first-order chi connectivity index (χ1) is 7.36. The number of allylic oxidation sites excluding steroid dienone is 1. The fraction of sp³-hybridized carbons (Fsp3) is 0.562. The van der Waals surface area contributed by atoms with Crippen LogP contribution in [0.5, 0.6) is 0 Å². The van der Waals surface area contributed by atoms with E-state index in [9.17, 15) is 0 Å². The van der Waals surface area contributed by atoms with Crippen LogP contribution in [-0.4, -0.2) is 0 Å². The van der Waals surface area contributed by atoms with Gasteiger partial charge in [0.2, 0.25) is 0 Å². The molecule has 100 valence electrons. The predicted molar refractivity (Wildman–Crippen MR) is 73.6 cm³/mol. The molecule has 0 aromatic heterocycles. The predicted octanol–water partition coefficient (Wildman–Crippen LogP) is 5.18. The Morgan fingerprint density at radius 1 is 0.882 bits per heavy atom. The summed E-state index contributed by atoms with van der Waals surface area (Å²) < 4.78 is 0. The number of hydrogen-bond donors (Lipinski definition) is 0. The molecule has 0 nitrogen and oxygen atoms in total. The molecule has 0 saturated heterocycles. The normalized spacial score (nSPS) is 9.94. The van der Waals surface area contributed by atoms with Gasteiger partial charge in [-0.05, 0) is 0 Å². The molecule has 0 atom stereocenters. The Balaban J connectivity index is 0. The molecule has 0 bridgehead atoms. The van der Waals surface area contributed by atoms with Crippen LogP contribution in [0, 0.1) is 18.4 Å². The molecule has 0 aliphatic carbocycles. The first kappa shape index (κ1) is 18.9. The molecular weight excluding hydrogens is 251 g/mol. The summed E-state index contributed by atoms with van der Waals surface area (Å²) in [5.41, 5.74) is 2.54. The molecule has 1 heteroatoms. The third kappa shape index (κ3) is 8.33. The van der Waals surface area contributed by atoms with Crippen LogP contribution in [0.1, 0.15) is 53.0 Å². The van der Waals surface area contributed by atoms with E-state index in [0.29, 0.717) is 17.8 Å². The molecule has 0 spiro atoms. The van der Waals surface area contributed by atoms with Crippen molar-refractivity contribution in [2.45, 2.75) is 47.5 Å². The zero-order valence-electron chi connectivity index (χ0n) is 11.9.